The van der Waals surface area contributed by atoms with Crippen LogP contribution in [0.5, 0.6) is 5.75 Å². The fourth-order valence-corrected chi connectivity index (χ4v) is 3.87. The minimum Gasteiger partial charge on any atom is -0.495 e. The Morgan fingerprint density at radius 3 is 3.00 bits per heavy atom. The third kappa shape index (κ3) is 4.70. The molecule has 1 fully saturated rings. The molecule has 0 saturated carbocycles. The molecule has 0 bridgehead atoms. The third-order valence-corrected chi connectivity index (χ3v) is 5.44. The van der Waals surface area contributed by atoms with E-state index in [1.165, 1.54) is 18.4 Å². The number of carbonyl (C=O) groups is 2. The summed E-state index contributed by atoms with van der Waals surface area (Å²) in [4.78, 5) is 30.5. The Morgan fingerprint density at radius 1 is 1.52 bits per heavy atom. The van der Waals surface area contributed by atoms with Crippen LogP contribution in [0.3, 0.4) is 0 Å². The number of methoxy groups -OCH3 is 1. The summed E-state index contributed by atoms with van der Waals surface area (Å²) in [6.45, 7) is 0.880. The molecule has 2 aromatic rings. The molecule has 0 radical (unpaired) electrons. The number of benzene rings is 1. The topological polar surface area (TPSA) is 97.6 Å². The number of ether oxygens (including phenoxy) is 1. The first-order valence-corrected chi connectivity index (χ1v) is 9.85. The van der Waals surface area contributed by atoms with Crippen LogP contribution in [0, 0.1) is 5.92 Å². The van der Waals surface area contributed by atoms with Crippen molar-refractivity contribution in [3.05, 3.63) is 34.3 Å². The molecular weight excluding hydrogens is 388 g/mol. The number of rotatable bonds is 7. The van der Waals surface area contributed by atoms with E-state index in [1.807, 2.05) is 5.38 Å². The van der Waals surface area contributed by atoms with Gasteiger partial charge in [0, 0.05) is 30.6 Å². The summed E-state index contributed by atoms with van der Waals surface area (Å²) in [5, 5.41) is 5.81. The average molecular weight is 409 g/mol. The lowest BCUT2D eigenvalue weighted by Gasteiger charge is -2.17. The van der Waals surface area contributed by atoms with Gasteiger partial charge in [-0.2, -0.15) is 0 Å². The van der Waals surface area contributed by atoms with Crippen molar-refractivity contribution in [2.45, 2.75) is 19.3 Å². The van der Waals surface area contributed by atoms with Crippen LogP contribution in [0.4, 0.5) is 10.8 Å². The number of hydrogen-bond donors (Lipinski definition) is 2. The lowest BCUT2D eigenvalue weighted by atomic mass is 10.1. The molecule has 1 aliphatic rings. The fourth-order valence-electron chi connectivity index (χ4n) is 3.02. The summed E-state index contributed by atoms with van der Waals surface area (Å²) in [5.74, 6) is -0.0194. The summed E-state index contributed by atoms with van der Waals surface area (Å²) in [6.07, 6.45) is 1.72. The van der Waals surface area contributed by atoms with E-state index < -0.39 is 0 Å². The van der Waals surface area contributed by atoms with Crippen molar-refractivity contribution in [3.8, 4) is 5.75 Å². The zero-order valence-electron chi connectivity index (χ0n) is 14.9. The second kappa shape index (κ2) is 8.58. The summed E-state index contributed by atoms with van der Waals surface area (Å²) < 4.78 is 5.13. The van der Waals surface area contributed by atoms with Gasteiger partial charge in [0.25, 0.3) is 0 Å². The summed E-state index contributed by atoms with van der Waals surface area (Å²) >= 11 is 7.55. The molecule has 9 heteroatoms. The van der Waals surface area contributed by atoms with Crippen LogP contribution >= 0.6 is 22.9 Å². The van der Waals surface area contributed by atoms with Gasteiger partial charge >= 0.3 is 0 Å². The summed E-state index contributed by atoms with van der Waals surface area (Å²) in [6, 6.07) is 5.16. The van der Waals surface area contributed by atoms with E-state index in [0.717, 1.165) is 18.5 Å². The van der Waals surface area contributed by atoms with Crippen molar-refractivity contribution in [3.63, 3.8) is 0 Å². The lowest BCUT2D eigenvalue weighted by Crippen LogP contribution is -2.33. The van der Waals surface area contributed by atoms with Crippen molar-refractivity contribution in [2.24, 2.45) is 5.92 Å². The average Bonchev–Trinajstić information content (AvgIpc) is 3.24. The second-order valence-electron chi connectivity index (χ2n) is 6.30. The molecule has 2 heterocycles. The summed E-state index contributed by atoms with van der Waals surface area (Å²) in [7, 11) is 1.53. The molecule has 0 spiro atoms. The molecule has 144 valence electrons. The Morgan fingerprint density at radius 2 is 2.33 bits per heavy atom. The molecule has 1 aliphatic heterocycles. The van der Waals surface area contributed by atoms with E-state index in [1.54, 1.807) is 23.1 Å². The van der Waals surface area contributed by atoms with Gasteiger partial charge in [0.1, 0.15) is 5.75 Å². The number of aromatic nitrogens is 1. The van der Waals surface area contributed by atoms with Crippen LogP contribution in [0.25, 0.3) is 0 Å². The molecule has 1 saturated heterocycles. The molecule has 0 aliphatic carbocycles. The van der Waals surface area contributed by atoms with Crippen molar-refractivity contribution in [2.75, 3.05) is 30.8 Å². The molecule has 1 unspecified atom stereocenters. The van der Waals surface area contributed by atoms with Crippen molar-refractivity contribution in [1.82, 2.24) is 10.3 Å². The highest BCUT2D eigenvalue weighted by Crippen LogP contribution is 2.32. The number of anilines is 2. The van der Waals surface area contributed by atoms with Crippen LogP contribution < -0.4 is 20.7 Å². The maximum atomic E-state index is 12.4. The first kappa shape index (κ1) is 19.4. The van der Waals surface area contributed by atoms with Crippen LogP contribution in [0.15, 0.2) is 23.6 Å². The quantitative estimate of drug-likeness (QED) is 0.686. The van der Waals surface area contributed by atoms with Gasteiger partial charge in [-0.25, -0.2) is 4.98 Å². The number of nitrogen functional groups attached to an aromatic ring is 1. The molecule has 1 aromatic carbocycles. The van der Waals surface area contributed by atoms with Gasteiger partial charge in [-0.05, 0) is 31.0 Å². The van der Waals surface area contributed by atoms with E-state index in [4.69, 9.17) is 22.1 Å². The van der Waals surface area contributed by atoms with Crippen molar-refractivity contribution < 1.29 is 14.3 Å². The molecule has 1 atom stereocenters. The summed E-state index contributed by atoms with van der Waals surface area (Å²) in [5.41, 5.74) is 7.20. The lowest BCUT2D eigenvalue weighted by molar-refractivity contribution is -0.126. The Balaban J connectivity index is 1.50. The van der Waals surface area contributed by atoms with E-state index in [2.05, 4.69) is 10.3 Å². The van der Waals surface area contributed by atoms with E-state index in [-0.39, 0.29) is 24.2 Å². The molecule has 3 N–H and O–H groups in total. The van der Waals surface area contributed by atoms with Gasteiger partial charge < -0.3 is 20.7 Å². The van der Waals surface area contributed by atoms with Gasteiger partial charge in [0.15, 0.2) is 5.13 Å². The van der Waals surface area contributed by atoms with Gasteiger partial charge in [-0.1, -0.05) is 11.6 Å². The van der Waals surface area contributed by atoms with E-state index >= 15 is 0 Å². The first-order valence-electron chi connectivity index (χ1n) is 8.59. The third-order valence-electron chi connectivity index (χ3n) is 4.42. The maximum Gasteiger partial charge on any atom is 0.227 e. The number of halogens is 1. The van der Waals surface area contributed by atoms with Gasteiger partial charge in [0.2, 0.25) is 11.8 Å². The zero-order chi connectivity index (χ0) is 19.4. The van der Waals surface area contributed by atoms with Gasteiger partial charge in [0.05, 0.1) is 23.7 Å². The number of thiazole rings is 1. The van der Waals surface area contributed by atoms with E-state index in [0.29, 0.717) is 34.7 Å². The van der Waals surface area contributed by atoms with Crippen LogP contribution in [0.2, 0.25) is 5.02 Å². The molecule has 1 aromatic heterocycles. The molecule has 27 heavy (non-hydrogen) atoms. The SMILES string of the molecule is COc1ccc(N2CC(C(=O)NCCCc3csc(N)n3)CC2=O)cc1Cl. The Hall–Kier alpha value is -2.32. The van der Waals surface area contributed by atoms with Gasteiger partial charge in [-0.15, -0.1) is 11.3 Å². The highest BCUT2D eigenvalue weighted by Gasteiger charge is 2.35. The Kier molecular flexibility index (Phi) is 6.18. The highest BCUT2D eigenvalue weighted by molar-refractivity contribution is 7.13. The largest absolute Gasteiger partial charge is 0.495 e. The van der Waals surface area contributed by atoms with Crippen LogP contribution in [0.1, 0.15) is 18.5 Å². The molecule has 7 nitrogen and oxygen atoms in total. The number of carbonyl (C=O) groups excluding carboxylic acids is 2. The number of nitrogens with two attached hydrogens (primary N) is 1. The number of amides is 2. The monoisotopic (exact) mass is 408 g/mol. The number of hydrogen-bond acceptors (Lipinski definition) is 6. The van der Waals surface area contributed by atoms with Crippen LogP contribution in [-0.4, -0.2) is 37.0 Å². The van der Waals surface area contributed by atoms with E-state index in [9.17, 15) is 9.59 Å². The molecule has 2 amide bonds. The van der Waals surface area contributed by atoms with Gasteiger partial charge in [-0.3, -0.25) is 9.59 Å². The first-order chi connectivity index (χ1) is 13.0. The highest BCUT2D eigenvalue weighted by atomic mass is 35.5. The minimum atomic E-state index is -0.367. The predicted molar refractivity (Wildman–Crippen MR) is 106 cm³/mol. The maximum absolute atomic E-state index is 12.4. The zero-order valence-corrected chi connectivity index (χ0v) is 16.5. The number of aryl methyl sites for hydroxylation is 1. The fraction of sp³-hybridized carbons (Fsp3) is 0.389. The second-order valence-corrected chi connectivity index (χ2v) is 7.59. The minimum absolute atomic E-state index is 0.0886. The molecular formula is C18H21ClN4O3S. The Labute approximate surface area is 166 Å². The standard InChI is InChI=1S/C18H21ClN4O3S/c1-26-15-5-4-13(8-14(15)19)23-9-11(7-16(23)24)17(25)21-6-2-3-12-10-27-18(20)22-12/h4-5,8,10-11H,2-3,6-7,9H2,1H3,(H2,20,22)(H,21,25). The Bertz CT molecular complexity index is 842. The normalized spacial score (nSPS) is 16.6. The number of nitrogens with zero attached hydrogens (tertiary/aromatic N) is 2. The van der Waals surface area contributed by atoms with Crippen molar-refractivity contribution in [1.29, 1.82) is 0 Å². The smallest absolute Gasteiger partial charge is 0.227 e. The predicted octanol–water partition coefficient (Wildman–Crippen LogP) is 2.49. The number of nitrogens with one attached hydrogen (secondary N) is 1. The molecule has 3 rings (SSSR count). The van der Waals surface area contributed by atoms with Crippen molar-refractivity contribution >= 4 is 45.6 Å². The van der Waals surface area contributed by atoms with Crippen LogP contribution in [-0.2, 0) is 16.0 Å².